The van der Waals surface area contributed by atoms with Gasteiger partial charge in [0.2, 0.25) is 5.95 Å². The first-order valence-corrected chi connectivity index (χ1v) is 10.7. The number of rotatable bonds is 4. The van der Waals surface area contributed by atoms with Crippen LogP contribution in [0.4, 0.5) is 24.9 Å². The summed E-state index contributed by atoms with van der Waals surface area (Å²) in [5, 5.41) is 4.00. The summed E-state index contributed by atoms with van der Waals surface area (Å²) in [4.78, 5) is 19.3. The molecule has 1 aliphatic heterocycles. The minimum Gasteiger partial charge on any atom is -0.367 e. The monoisotopic (exact) mass is 450 g/mol. The lowest BCUT2D eigenvalue weighted by molar-refractivity contribution is -0.140. The number of aromatic nitrogens is 4. The molecule has 4 heterocycles. The topological polar surface area (TPSA) is 66.8 Å². The highest BCUT2D eigenvalue weighted by molar-refractivity contribution is 5.99. The van der Waals surface area contributed by atoms with Crippen molar-refractivity contribution in [2.24, 2.45) is 0 Å². The first-order valence-electron chi connectivity index (χ1n) is 10.7. The van der Waals surface area contributed by atoms with Gasteiger partial charge in [-0.15, -0.1) is 0 Å². The van der Waals surface area contributed by atoms with Crippen LogP contribution in [0.25, 0.3) is 22.0 Å². The predicted octanol–water partition coefficient (Wildman–Crippen LogP) is 5.19. The van der Waals surface area contributed by atoms with Gasteiger partial charge in [-0.05, 0) is 36.6 Å². The Balaban J connectivity index is 1.44. The molecule has 1 aliphatic rings. The second kappa shape index (κ2) is 8.65. The smallest absolute Gasteiger partial charge is 0.367 e. The maximum absolute atomic E-state index is 13.4. The van der Waals surface area contributed by atoms with Gasteiger partial charge in [-0.2, -0.15) is 13.2 Å². The van der Waals surface area contributed by atoms with Gasteiger partial charge < -0.3 is 10.2 Å². The second-order valence-electron chi connectivity index (χ2n) is 7.93. The van der Waals surface area contributed by atoms with Crippen LogP contribution in [0.2, 0.25) is 0 Å². The van der Waals surface area contributed by atoms with Gasteiger partial charge in [0.05, 0.1) is 5.52 Å². The van der Waals surface area contributed by atoms with E-state index in [4.69, 9.17) is 0 Å². The Labute approximate surface area is 188 Å². The summed E-state index contributed by atoms with van der Waals surface area (Å²) in [6, 6.07) is 13.6. The molecule has 0 unspecified atom stereocenters. The maximum Gasteiger partial charge on any atom is 0.433 e. The van der Waals surface area contributed by atoms with Crippen molar-refractivity contribution in [2.75, 3.05) is 23.3 Å². The van der Waals surface area contributed by atoms with Crippen LogP contribution in [0.1, 0.15) is 18.5 Å². The van der Waals surface area contributed by atoms with E-state index in [1.165, 1.54) is 6.07 Å². The first-order chi connectivity index (χ1) is 16.0. The van der Waals surface area contributed by atoms with E-state index in [2.05, 4.69) is 30.2 Å². The van der Waals surface area contributed by atoms with Crippen LogP contribution in [0.5, 0.6) is 0 Å². The van der Waals surface area contributed by atoms with E-state index in [-0.39, 0.29) is 11.6 Å². The number of nitrogens with one attached hydrogen (secondary N) is 1. The van der Waals surface area contributed by atoms with Crippen molar-refractivity contribution in [3.05, 3.63) is 72.8 Å². The lowest BCUT2D eigenvalue weighted by atomic mass is 10.0. The zero-order chi connectivity index (χ0) is 22.8. The minimum atomic E-state index is -4.52. The molecule has 1 fully saturated rings. The van der Waals surface area contributed by atoms with Gasteiger partial charge >= 0.3 is 6.18 Å². The van der Waals surface area contributed by atoms with Gasteiger partial charge in [-0.25, -0.2) is 19.9 Å². The third-order valence-electron chi connectivity index (χ3n) is 5.77. The van der Waals surface area contributed by atoms with Gasteiger partial charge in [0.1, 0.15) is 11.5 Å². The van der Waals surface area contributed by atoms with E-state index in [9.17, 15) is 13.2 Å². The van der Waals surface area contributed by atoms with Gasteiger partial charge in [0.25, 0.3) is 0 Å². The Morgan fingerprint density at radius 1 is 0.879 bits per heavy atom. The highest BCUT2D eigenvalue weighted by atomic mass is 19.4. The number of benzene rings is 1. The zero-order valence-electron chi connectivity index (χ0n) is 17.6. The summed E-state index contributed by atoms with van der Waals surface area (Å²) in [6.07, 6.45) is 2.18. The number of piperidine rings is 1. The molecule has 0 saturated carbocycles. The van der Waals surface area contributed by atoms with E-state index in [0.29, 0.717) is 22.7 Å². The van der Waals surface area contributed by atoms with Crippen LogP contribution in [-0.4, -0.2) is 39.1 Å². The molecule has 1 N–H and O–H groups in total. The average molecular weight is 450 g/mol. The van der Waals surface area contributed by atoms with Crippen molar-refractivity contribution in [2.45, 2.75) is 25.1 Å². The number of hydrogen-bond acceptors (Lipinski definition) is 6. The van der Waals surface area contributed by atoms with E-state index in [0.717, 1.165) is 37.6 Å². The molecule has 0 radical (unpaired) electrons. The summed E-state index contributed by atoms with van der Waals surface area (Å²) >= 11 is 0. The number of hydrogen-bond donors (Lipinski definition) is 1. The van der Waals surface area contributed by atoms with Crippen molar-refractivity contribution in [1.82, 2.24) is 19.9 Å². The molecule has 0 bridgehead atoms. The highest BCUT2D eigenvalue weighted by Crippen LogP contribution is 2.35. The fourth-order valence-corrected chi connectivity index (χ4v) is 4.09. The van der Waals surface area contributed by atoms with E-state index < -0.39 is 11.9 Å². The molecule has 33 heavy (non-hydrogen) atoms. The number of nitrogens with zero attached hydrogens (tertiary/aromatic N) is 5. The molecular weight excluding hydrogens is 429 g/mol. The van der Waals surface area contributed by atoms with E-state index in [1.54, 1.807) is 24.7 Å². The van der Waals surface area contributed by atoms with Crippen molar-refractivity contribution < 1.29 is 13.2 Å². The van der Waals surface area contributed by atoms with Crippen LogP contribution < -0.4 is 10.2 Å². The largest absolute Gasteiger partial charge is 0.433 e. The van der Waals surface area contributed by atoms with Gasteiger partial charge in [0.15, 0.2) is 0 Å². The Morgan fingerprint density at radius 3 is 2.30 bits per heavy atom. The molecule has 168 valence electrons. The van der Waals surface area contributed by atoms with Crippen molar-refractivity contribution in [1.29, 1.82) is 0 Å². The number of alkyl halides is 3. The molecule has 5 rings (SSSR count). The Kier molecular flexibility index (Phi) is 5.53. The van der Waals surface area contributed by atoms with Gasteiger partial charge in [-0.3, -0.25) is 0 Å². The van der Waals surface area contributed by atoms with Crippen LogP contribution in [0.3, 0.4) is 0 Å². The SMILES string of the molecule is FC(F)(F)c1ccc2c(NC3CCN(c4ncccn4)CC3)ncc(-c3ccccc3)c2n1. The summed E-state index contributed by atoms with van der Waals surface area (Å²) in [5.74, 6) is 1.25. The molecule has 0 spiro atoms. The third-order valence-corrected chi connectivity index (χ3v) is 5.77. The number of pyridine rings is 2. The molecule has 0 atom stereocenters. The van der Waals surface area contributed by atoms with Crippen LogP contribution in [-0.2, 0) is 6.18 Å². The molecule has 1 saturated heterocycles. The molecule has 1 aromatic carbocycles. The molecule has 0 amide bonds. The summed E-state index contributed by atoms with van der Waals surface area (Å²) in [5.41, 5.74) is 0.701. The Morgan fingerprint density at radius 2 is 1.61 bits per heavy atom. The predicted molar refractivity (Wildman–Crippen MR) is 121 cm³/mol. The summed E-state index contributed by atoms with van der Waals surface area (Å²) in [6.45, 7) is 1.55. The lowest BCUT2D eigenvalue weighted by Crippen LogP contribution is -2.40. The van der Waals surface area contributed by atoms with Gasteiger partial charge in [0, 0.05) is 48.7 Å². The Bertz CT molecular complexity index is 1240. The molecule has 3 aromatic heterocycles. The zero-order valence-corrected chi connectivity index (χ0v) is 17.6. The summed E-state index contributed by atoms with van der Waals surface area (Å²) < 4.78 is 40.2. The highest BCUT2D eigenvalue weighted by Gasteiger charge is 2.33. The van der Waals surface area contributed by atoms with Crippen LogP contribution >= 0.6 is 0 Å². The molecule has 0 aliphatic carbocycles. The molecule has 6 nitrogen and oxygen atoms in total. The number of halogens is 3. The van der Waals surface area contributed by atoms with E-state index >= 15 is 0 Å². The van der Waals surface area contributed by atoms with Crippen molar-refractivity contribution >= 4 is 22.7 Å². The number of anilines is 2. The number of fused-ring (bicyclic) bond motifs is 1. The van der Waals surface area contributed by atoms with Crippen molar-refractivity contribution in [3.63, 3.8) is 0 Å². The van der Waals surface area contributed by atoms with E-state index in [1.807, 2.05) is 30.3 Å². The normalized spacial score (nSPS) is 15.1. The quantitative estimate of drug-likeness (QED) is 0.462. The van der Waals surface area contributed by atoms with Gasteiger partial charge in [-0.1, -0.05) is 30.3 Å². The molecule has 4 aromatic rings. The maximum atomic E-state index is 13.4. The van der Waals surface area contributed by atoms with Crippen LogP contribution in [0.15, 0.2) is 67.1 Å². The Hall–Kier alpha value is -3.75. The summed E-state index contributed by atoms with van der Waals surface area (Å²) in [7, 11) is 0. The first kappa shape index (κ1) is 21.1. The van der Waals surface area contributed by atoms with Crippen molar-refractivity contribution in [3.8, 4) is 11.1 Å². The lowest BCUT2D eigenvalue weighted by Gasteiger charge is -2.32. The fourth-order valence-electron chi connectivity index (χ4n) is 4.09. The minimum absolute atomic E-state index is 0.130. The fraction of sp³-hybridized carbons (Fsp3) is 0.250. The second-order valence-corrected chi connectivity index (χ2v) is 7.93. The molecule has 9 heteroatoms. The standard InChI is InChI=1S/C24H21F3N6/c25-24(26,27)20-8-7-18-21(32-20)19(16-5-2-1-3-6-16)15-30-22(18)31-17-9-13-33(14-10-17)23-28-11-4-12-29-23/h1-8,11-12,15,17H,9-10,13-14H2,(H,30,31). The third kappa shape index (κ3) is 4.44. The average Bonchev–Trinajstić information content (AvgIpc) is 2.85. The van der Waals surface area contributed by atoms with Crippen LogP contribution in [0, 0.1) is 0 Å². The molecular formula is C24H21F3N6.